The lowest BCUT2D eigenvalue weighted by Crippen LogP contribution is -2.32. The highest BCUT2D eigenvalue weighted by Crippen LogP contribution is 2.30. The van der Waals surface area contributed by atoms with Gasteiger partial charge in [-0.15, -0.1) is 10.2 Å². The molecule has 0 bridgehead atoms. The Morgan fingerprint density at radius 1 is 1.21 bits per heavy atom. The molecule has 144 valence electrons. The monoisotopic (exact) mass is 397 g/mol. The summed E-state index contributed by atoms with van der Waals surface area (Å²) in [6, 6.07) is 14.5. The highest BCUT2D eigenvalue weighted by atomic mass is 32.2. The standard InChI is InChI=1S/C20H20FN5OS/c21-16-10-4-3-9-15(16)19-24-25-20(26(19)22)28-12-18(27)23-17-11-5-7-13-6-1-2-8-14(13)17/h1-4,6,8-10,17H,5,7,11-12,22H2,(H,23,27). The molecule has 1 atom stereocenters. The second-order valence-electron chi connectivity index (χ2n) is 6.66. The second-order valence-corrected chi connectivity index (χ2v) is 7.60. The van der Waals surface area contributed by atoms with Gasteiger partial charge in [-0.2, -0.15) is 0 Å². The van der Waals surface area contributed by atoms with E-state index in [1.807, 2.05) is 12.1 Å². The zero-order chi connectivity index (χ0) is 19.5. The molecule has 6 nitrogen and oxygen atoms in total. The van der Waals surface area contributed by atoms with Crippen molar-refractivity contribution in [3.8, 4) is 11.4 Å². The predicted octanol–water partition coefficient (Wildman–Crippen LogP) is 3.08. The van der Waals surface area contributed by atoms with Crippen LogP contribution in [-0.4, -0.2) is 26.5 Å². The van der Waals surface area contributed by atoms with Crippen molar-refractivity contribution in [2.24, 2.45) is 0 Å². The van der Waals surface area contributed by atoms with Gasteiger partial charge in [0.25, 0.3) is 0 Å². The number of carbonyl (C=O) groups excluding carboxylic acids is 1. The Morgan fingerprint density at radius 3 is 2.86 bits per heavy atom. The van der Waals surface area contributed by atoms with Crippen LogP contribution in [0.15, 0.2) is 53.7 Å². The molecule has 4 rings (SSSR count). The lowest BCUT2D eigenvalue weighted by Gasteiger charge is -2.26. The molecule has 1 amide bonds. The second kappa shape index (κ2) is 8.02. The maximum absolute atomic E-state index is 14.0. The Morgan fingerprint density at radius 2 is 2.00 bits per heavy atom. The Hall–Kier alpha value is -2.87. The van der Waals surface area contributed by atoms with Crippen molar-refractivity contribution in [1.29, 1.82) is 0 Å². The molecule has 0 saturated heterocycles. The number of halogens is 1. The highest BCUT2D eigenvalue weighted by molar-refractivity contribution is 7.99. The summed E-state index contributed by atoms with van der Waals surface area (Å²) in [5.74, 6) is 5.87. The third-order valence-electron chi connectivity index (χ3n) is 4.82. The molecule has 1 aliphatic carbocycles. The lowest BCUT2D eigenvalue weighted by atomic mass is 9.88. The number of amides is 1. The van der Waals surface area contributed by atoms with Crippen LogP contribution >= 0.6 is 11.8 Å². The molecular formula is C20H20FN5OS. The van der Waals surface area contributed by atoms with Gasteiger partial charge in [-0.3, -0.25) is 4.79 Å². The number of fused-ring (bicyclic) bond motifs is 1. The molecule has 3 N–H and O–H groups in total. The van der Waals surface area contributed by atoms with Crippen LogP contribution in [0.4, 0.5) is 4.39 Å². The number of nitrogens with one attached hydrogen (secondary N) is 1. The van der Waals surface area contributed by atoms with Crippen molar-refractivity contribution >= 4 is 17.7 Å². The van der Waals surface area contributed by atoms with E-state index in [4.69, 9.17) is 5.84 Å². The number of benzene rings is 2. The van der Waals surface area contributed by atoms with Crippen LogP contribution in [0.25, 0.3) is 11.4 Å². The minimum atomic E-state index is -0.424. The molecular weight excluding hydrogens is 377 g/mol. The Bertz CT molecular complexity index is 1010. The number of aryl methyl sites for hydroxylation is 1. The smallest absolute Gasteiger partial charge is 0.230 e. The molecule has 0 radical (unpaired) electrons. The first-order valence-corrected chi connectivity index (χ1v) is 10.1. The molecule has 0 aliphatic heterocycles. The normalized spacial score (nSPS) is 15.8. The number of nitrogens with two attached hydrogens (primary N) is 1. The number of nitrogen functional groups attached to an aromatic ring is 1. The fourth-order valence-corrected chi connectivity index (χ4v) is 4.14. The first-order valence-electron chi connectivity index (χ1n) is 9.09. The molecule has 8 heteroatoms. The van der Waals surface area contributed by atoms with E-state index in [2.05, 4.69) is 27.6 Å². The van der Waals surface area contributed by atoms with Gasteiger partial charge in [0.1, 0.15) is 5.82 Å². The van der Waals surface area contributed by atoms with E-state index >= 15 is 0 Å². The maximum atomic E-state index is 14.0. The number of thioether (sulfide) groups is 1. The van der Waals surface area contributed by atoms with Crippen molar-refractivity contribution in [2.45, 2.75) is 30.5 Å². The molecule has 1 heterocycles. The summed E-state index contributed by atoms with van der Waals surface area (Å²) in [5, 5.41) is 11.4. The van der Waals surface area contributed by atoms with E-state index < -0.39 is 5.82 Å². The van der Waals surface area contributed by atoms with E-state index in [1.165, 1.54) is 33.6 Å². The van der Waals surface area contributed by atoms with Crippen LogP contribution in [0.1, 0.15) is 30.0 Å². The van der Waals surface area contributed by atoms with Gasteiger partial charge in [-0.05, 0) is 42.5 Å². The molecule has 28 heavy (non-hydrogen) atoms. The number of nitrogens with zero attached hydrogens (tertiary/aromatic N) is 3. The number of rotatable bonds is 5. The number of hydrogen-bond donors (Lipinski definition) is 2. The summed E-state index contributed by atoms with van der Waals surface area (Å²) in [5.41, 5.74) is 2.76. The van der Waals surface area contributed by atoms with Crippen LogP contribution in [0, 0.1) is 5.82 Å². The molecule has 1 aromatic heterocycles. The average molecular weight is 397 g/mol. The van der Waals surface area contributed by atoms with Crippen LogP contribution in [-0.2, 0) is 11.2 Å². The topological polar surface area (TPSA) is 85.8 Å². The van der Waals surface area contributed by atoms with Gasteiger partial charge < -0.3 is 11.2 Å². The average Bonchev–Trinajstić information content (AvgIpc) is 3.07. The Kier molecular flexibility index (Phi) is 5.29. The lowest BCUT2D eigenvalue weighted by molar-refractivity contribution is -0.119. The molecule has 0 spiro atoms. The zero-order valence-electron chi connectivity index (χ0n) is 15.1. The van der Waals surface area contributed by atoms with Crippen molar-refractivity contribution in [3.63, 3.8) is 0 Å². The predicted molar refractivity (Wildman–Crippen MR) is 107 cm³/mol. The fraction of sp³-hybridized carbons (Fsp3) is 0.250. The number of carbonyl (C=O) groups is 1. The summed E-state index contributed by atoms with van der Waals surface area (Å²) in [4.78, 5) is 12.4. The maximum Gasteiger partial charge on any atom is 0.230 e. The first kappa shape index (κ1) is 18.5. The minimum absolute atomic E-state index is 0.0303. The third-order valence-corrected chi connectivity index (χ3v) is 5.76. The van der Waals surface area contributed by atoms with E-state index in [0.717, 1.165) is 19.3 Å². The van der Waals surface area contributed by atoms with E-state index in [0.29, 0.717) is 5.16 Å². The molecule has 3 aromatic rings. The summed E-state index contributed by atoms with van der Waals surface area (Å²) < 4.78 is 15.2. The molecule has 0 saturated carbocycles. The largest absolute Gasteiger partial charge is 0.349 e. The summed E-state index contributed by atoms with van der Waals surface area (Å²) in [7, 11) is 0. The number of aromatic nitrogens is 3. The van der Waals surface area contributed by atoms with Gasteiger partial charge in [0.2, 0.25) is 11.1 Å². The van der Waals surface area contributed by atoms with Crippen LogP contribution < -0.4 is 11.2 Å². The molecule has 1 aliphatic rings. The van der Waals surface area contributed by atoms with Gasteiger partial charge in [0, 0.05) is 0 Å². The van der Waals surface area contributed by atoms with E-state index in [-0.39, 0.29) is 29.1 Å². The van der Waals surface area contributed by atoms with Crippen LogP contribution in [0.2, 0.25) is 0 Å². The Labute approximate surface area is 166 Å². The van der Waals surface area contributed by atoms with E-state index in [9.17, 15) is 9.18 Å². The van der Waals surface area contributed by atoms with Gasteiger partial charge in [-0.1, -0.05) is 48.2 Å². The summed E-state index contributed by atoms with van der Waals surface area (Å²) in [6.07, 6.45) is 3.03. The highest BCUT2D eigenvalue weighted by Gasteiger charge is 2.22. The Balaban J connectivity index is 1.41. The summed E-state index contributed by atoms with van der Waals surface area (Å²) in [6.45, 7) is 0. The SMILES string of the molecule is Nn1c(SCC(=O)NC2CCCc3ccccc32)nnc1-c1ccccc1F. The molecule has 1 unspecified atom stereocenters. The van der Waals surface area contributed by atoms with Gasteiger partial charge in [-0.25, -0.2) is 9.07 Å². The van der Waals surface area contributed by atoms with Crippen LogP contribution in [0.5, 0.6) is 0 Å². The minimum Gasteiger partial charge on any atom is -0.349 e. The number of hydrogen-bond acceptors (Lipinski definition) is 5. The third kappa shape index (κ3) is 3.73. The van der Waals surface area contributed by atoms with Gasteiger partial charge in [0.05, 0.1) is 17.4 Å². The van der Waals surface area contributed by atoms with Crippen molar-refractivity contribution in [3.05, 3.63) is 65.5 Å². The van der Waals surface area contributed by atoms with Crippen LogP contribution in [0.3, 0.4) is 0 Å². The molecule has 2 aromatic carbocycles. The van der Waals surface area contributed by atoms with E-state index in [1.54, 1.807) is 18.2 Å². The van der Waals surface area contributed by atoms with Gasteiger partial charge >= 0.3 is 0 Å². The van der Waals surface area contributed by atoms with Crippen molar-refractivity contribution in [2.75, 3.05) is 11.6 Å². The summed E-state index contributed by atoms with van der Waals surface area (Å²) >= 11 is 1.18. The van der Waals surface area contributed by atoms with Gasteiger partial charge in [0.15, 0.2) is 5.82 Å². The first-order chi connectivity index (χ1) is 13.6. The zero-order valence-corrected chi connectivity index (χ0v) is 16.0. The molecule has 0 fully saturated rings. The quantitative estimate of drug-likeness (QED) is 0.510. The fourth-order valence-electron chi connectivity index (χ4n) is 3.47. The van der Waals surface area contributed by atoms with Crippen molar-refractivity contribution < 1.29 is 9.18 Å². The van der Waals surface area contributed by atoms with Crippen molar-refractivity contribution in [1.82, 2.24) is 20.2 Å².